The molecule has 0 spiro atoms. The Morgan fingerprint density at radius 3 is 2.35 bits per heavy atom. The molecule has 6 heteroatoms. The molecule has 1 atom stereocenters. The number of benzene rings is 2. The second kappa shape index (κ2) is 9.45. The fourth-order valence-corrected chi connectivity index (χ4v) is 4.25. The van der Waals surface area contributed by atoms with Gasteiger partial charge in [-0.15, -0.1) is 0 Å². The van der Waals surface area contributed by atoms with Crippen LogP contribution in [0.3, 0.4) is 0 Å². The quantitative estimate of drug-likeness (QED) is 0.442. The van der Waals surface area contributed by atoms with Crippen molar-refractivity contribution in [3.8, 4) is 0 Å². The predicted molar refractivity (Wildman–Crippen MR) is 119 cm³/mol. The second-order valence-corrected chi connectivity index (χ2v) is 8.08. The highest BCUT2D eigenvalue weighted by atomic mass is 16.5. The molecule has 0 aliphatic carbocycles. The first-order valence-electron chi connectivity index (χ1n) is 10.8. The molecule has 1 N–H and O–H groups in total. The zero-order chi connectivity index (χ0) is 21.8. The fourth-order valence-electron chi connectivity index (χ4n) is 4.25. The number of aliphatic hydroxyl groups excluding tert-OH is 1. The van der Waals surface area contributed by atoms with E-state index in [1.54, 1.807) is 29.2 Å². The third-order valence-electron chi connectivity index (χ3n) is 5.96. The molecule has 6 nitrogen and oxygen atoms in total. The highest BCUT2D eigenvalue weighted by Gasteiger charge is 2.45. The smallest absolute Gasteiger partial charge is 0.295 e. The normalized spacial score (nSPS) is 21.6. The Hall–Kier alpha value is -2.96. The van der Waals surface area contributed by atoms with Gasteiger partial charge in [0.05, 0.1) is 24.8 Å². The molecule has 2 fully saturated rings. The van der Waals surface area contributed by atoms with E-state index in [2.05, 4.69) is 4.90 Å². The molecule has 1 unspecified atom stereocenters. The molecule has 2 aliphatic heterocycles. The van der Waals surface area contributed by atoms with Gasteiger partial charge < -0.3 is 14.7 Å². The lowest BCUT2D eigenvalue weighted by atomic mass is 9.94. The van der Waals surface area contributed by atoms with Crippen molar-refractivity contribution in [3.05, 3.63) is 76.9 Å². The molecule has 1 amide bonds. The molecule has 2 heterocycles. The number of morpholine rings is 1. The number of likely N-dealkylation sites (tertiary alicyclic amines) is 1. The number of hydrogen-bond acceptors (Lipinski definition) is 5. The van der Waals surface area contributed by atoms with Gasteiger partial charge in [-0.3, -0.25) is 14.5 Å². The molecule has 0 aromatic heterocycles. The number of rotatable bonds is 6. The minimum atomic E-state index is -0.627. The molecule has 2 aromatic carbocycles. The van der Waals surface area contributed by atoms with Crippen molar-refractivity contribution < 1.29 is 19.4 Å². The summed E-state index contributed by atoms with van der Waals surface area (Å²) in [6, 6.07) is 16.1. The van der Waals surface area contributed by atoms with Crippen LogP contribution in [0.15, 0.2) is 60.2 Å². The van der Waals surface area contributed by atoms with Crippen molar-refractivity contribution in [2.45, 2.75) is 19.4 Å². The summed E-state index contributed by atoms with van der Waals surface area (Å²) in [6.45, 7) is 6.50. The van der Waals surface area contributed by atoms with Crippen LogP contribution < -0.4 is 0 Å². The standard InChI is InChI=1S/C25H28N2O4/c1-18-8-10-19(11-9-18)22-21(23(28)20-6-3-2-4-7-20)24(29)25(30)27(22)13-5-12-26-14-16-31-17-15-26/h2-4,6-11,22,28H,5,12-17H2,1H3/b23-21+. The average Bonchev–Trinajstić information content (AvgIpc) is 3.05. The number of aliphatic hydroxyl groups is 1. The number of ether oxygens (including phenoxy) is 1. The van der Waals surface area contributed by atoms with Crippen LogP contribution >= 0.6 is 0 Å². The van der Waals surface area contributed by atoms with Gasteiger partial charge in [-0.25, -0.2) is 0 Å². The van der Waals surface area contributed by atoms with Crippen LogP contribution in [0.2, 0.25) is 0 Å². The molecule has 2 aromatic rings. The maximum atomic E-state index is 13.0. The summed E-state index contributed by atoms with van der Waals surface area (Å²) in [5, 5.41) is 11.0. The van der Waals surface area contributed by atoms with Crippen LogP contribution in [0.5, 0.6) is 0 Å². The average molecular weight is 421 g/mol. The highest BCUT2D eigenvalue weighted by molar-refractivity contribution is 6.46. The summed E-state index contributed by atoms with van der Waals surface area (Å²) in [4.78, 5) is 29.9. The lowest BCUT2D eigenvalue weighted by Gasteiger charge is -2.29. The molecule has 31 heavy (non-hydrogen) atoms. The predicted octanol–water partition coefficient (Wildman–Crippen LogP) is 3.14. The van der Waals surface area contributed by atoms with Crippen LogP contribution in [0.1, 0.15) is 29.2 Å². The van der Waals surface area contributed by atoms with E-state index in [0.717, 1.165) is 50.4 Å². The SMILES string of the molecule is Cc1ccc(C2/C(=C(\O)c3ccccc3)C(=O)C(=O)N2CCCN2CCOCC2)cc1. The van der Waals surface area contributed by atoms with Crippen LogP contribution in [0.25, 0.3) is 5.76 Å². The molecular weight excluding hydrogens is 392 g/mol. The number of carbonyl (C=O) groups excluding carboxylic acids is 2. The van der Waals surface area contributed by atoms with Crippen molar-refractivity contribution in [1.82, 2.24) is 9.80 Å². The molecule has 4 rings (SSSR count). The molecular formula is C25H28N2O4. The van der Waals surface area contributed by atoms with Crippen LogP contribution in [-0.2, 0) is 14.3 Å². The van der Waals surface area contributed by atoms with Crippen molar-refractivity contribution in [1.29, 1.82) is 0 Å². The Labute approximate surface area is 182 Å². The molecule has 2 aliphatic rings. The first-order chi connectivity index (χ1) is 15.1. The molecule has 2 saturated heterocycles. The van der Waals surface area contributed by atoms with Gasteiger partial charge in [0.1, 0.15) is 5.76 Å². The van der Waals surface area contributed by atoms with Crippen molar-refractivity contribution in [3.63, 3.8) is 0 Å². The van der Waals surface area contributed by atoms with Gasteiger partial charge in [0, 0.05) is 31.7 Å². The van der Waals surface area contributed by atoms with Gasteiger partial charge in [0.15, 0.2) is 0 Å². The second-order valence-electron chi connectivity index (χ2n) is 8.08. The fraction of sp³-hybridized carbons (Fsp3) is 0.360. The Kier molecular flexibility index (Phi) is 6.49. The number of ketones is 1. The van der Waals surface area contributed by atoms with E-state index in [0.29, 0.717) is 12.1 Å². The van der Waals surface area contributed by atoms with Crippen LogP contribution in [-0.4, -0.2) is 66.0 Å². The Morgan fingerprint density at radius 2 is 1.68 bits per heavy atom. The van der Waals surface area contributed by atoms with E-state index in [-0.39, 0.29) is 11.3 Å². The number of Topliss-reactive ketones (excluding diaryl/α,β-unsaturated/α-hetero) is 1. The largest absolute Gasteiger partial charge is 0.507 e. The van der Waals surface area contributed by atoms with Gasteiger partial charge >= 0.3 is 0 Å². The molecule has 0 radical (unpaired) electrons. The van der Waals surface area contributed by atoms with E-state index < -0.39 is 17.7 Å². The van der Waals surface area contributed by atoms with Crippen molar-refractivity contribution in [2.75, 3.05) is 39.4 Å². The molecule has 0 saturated carbocycles. The first-order valence-corrected chi connectivity index (χ1v) is 10.8. The lowest BCUT2D eigenvalue weighted by molar-refractivity contribution is -0.140. The van der Waals surface area contributed by atoms with E-state index in [1.807, 2.05) is 37.3 Å². The summed E-state index contributed by atoms with van der Waals surface area (Å²) in [5.74, 6) is -1.30. The Bertz CT molecular complexity index is 963. The number of carbonyl (C=O) groups is 2. The number of hydrogen-bond donors (Lipinski definition) is 1. The summed E-state index contributed by atoms with van der Waals surface area (Å²) in [7, 11) is 0. The molecule has 162 valence electrons. The Balaban J connectivity index is 1.65. The summed E-state index contributed by atoms with van der Waals surface area (Å²) in [6.07, 6.45) is 0.751. The lowest BCUT2D eigenvalue weighted by Crippen LogP contribution is -2.38. The van der Waals surface area contributed by atoms with Gasteiger partial charge in [0.25, 0.3) is 11.7 Å². The van der Waals surface area contributed by atoms with Gasteiger partial charge in [-0.05, 0) is 18.9 Å². The maximum absolute atomic E-state index is 13.0. The number of amides is 1. The number of aryl methyl sites for hydroxylation is 1. The highest BCUT2D eigenvalue weighted by Crippen LogP contribution is 2.39. The topological polar surface area (TPSA) is 70.1 Å². The summed E-state index contributed by atoms with van der Waals surface area (Å²) >= 11 is 0. The zero-order valence-corrected chi connectivity index (χ0v) is 17.8. The third kappa shape index (κ3) is 4.55. The van der Waals surface area contributed by atoms with Crippen LogP contribution in [0, 0.1) is 6.92 Å². The van der Waals surface area contributed by atoms with E-state index in [9.17, 15) is 14.7 Å². The molecule has 0 bridgehead atoms. The zero-order valence-electron chi connectivity index (χ0n) is 17.8. The minimum absolute atomic E-state index is 0.125. The van der Waals surface area contributed by atoms with Gasteiger partial charge in [-0.2, -0.15) is 0 Å². The first kappa shape index (κ1) is 21.3. The monoisotopic (exact) mass is 420 g/mol. The maximum Gasteiger partial charge on any atom is 0.295 e. The van der Waals surface area contributed by atoms with Crippen LogP contribution in [0.4, 0.5) is 0 Å². The van der Waals surface area contributed by atoms with E-state index in [4.69, 9.17) is 4.74 Å². The van der Waals surface area contributed by atoms with Crippen molar-refractivity contribution >= 4 is 17.4 Å². The van der Waals surface area contributed by atoms with E-state index >= 15 is 0 Å². The Morgan fingerprint density at radius 1 is 1.00 bits per heavy atom. The van der Waals surface area contributed by atoms with E-state index in [1.165, 1.54) is 0 Å². The summed E-state index contributed by atoms with van der Waals surface area (Å²) < 4.78 is 5.39. The third-order valence-corrected chi connectivity index (χ3v) is 5.96. The minimum Gasteiger partial charge on any atom is -0.507 e. The van der Waals surface area contributed by atoms with Gasteiger partial charge in [0.2, 0.25) is 0 Å². The number of nitrogens with zero attached hydrogens (tertiary/aromatic N) is 2. The van der Waals surface area contributed by atoms with Crippen molar-refractivity contribution in [2.24, 2.45) is 0 Å². The summed E-state index contributed by atoms with van der Waals surface area (Å²) in [5.41, 5.74) is 2.61. The van der Waals surface area contributed by atoms with Gasteiger partial charge in [-0.1, -0.05) is 60.2 Å².